The lowest BCUT2D eigenvalue weighted by Crippen LogP contribution is -2.39. The molecule has 5 nitrogen and oxygen atoms in total. The molecule has 2 aromatic rings. The van der Waals surface area contributed by atoms with Crippen molar-refractivity contribution in [3.8, 4) is 0 Å². The van der Waals surface area contributed by atoms with Crippen LogP contribution in [0.25, 0.3) is 0 Å². The maximum absolute atomic E-state index is 5.79. The zero-order valence-electron chi connectivity index (χ0n) is 16.2. The highest BCUT2D eigenvalue weighted by atomic mass is 32.1. The molecule has 1 unspecified atom stereocenters. The highest BCUT2D eigenvalue weighted by molar-refractivity contribution is 7.09. The molecular formula is C20H30N4OS. The highest BCUT2D eigenvalue weighted by Crippen LogP contribution is 2.18. The Balaban J connectivity index is 1.65. The molecule has 0 saturated heterocycles. The van der Waals surface area contributed by atoms with Crippen molar-refractivity contribution in [2.45, 2.75) is 39.8 Å². The maximum Gasteiger partial charge on any atom is 0.191 e. The molecule has 0 spiro atoms. The van der Waals surface area contributed by atoms with Gasteiger partial charge in [-0.1, -0.05) is 51.1 Å². The summed E-state index contributed by atoms with van der Waals surface area (Å²) in [5.41, 5.74) is 2.26. The van der Waals surface area contributed by atoms with Crippen LogP contribution in [0.3, 0.4) is 0 Å². The first-order valence-corrected chi connectivity index (χ1v) is 9.97. The zero-order valence-corrected chi connectivity index (χ0v) is 17.0. The Morgan fingerprint density at radius 1 is 1.19 bits per heavy atom. The van der Waals surface area contributed by atoms with Crippen LogP contribution < -0.4 is 10.6 Å². The summed E-state index contributed by atoms with van der Waals surface area (Å²) in [4.78, 5) is 8.91. The van der Waals surface area contributed by atoms with Crippen LogP contribution in [-0.4, -0.2) is 31.1 Å². The Morgan fingerprint density at radius 2 is 1.96 bits per heavy atom. The molecule has 0 saturated carbocycles. The highest BCUT2D eigenvalue weighted by Gasteiger charge is 2.08. The first-order chi connectivity index (χ1) is 12.6. The van der Waals surface area contributed by atoms with Crippen molar-refractivity contribution >= 4 is 17.3 Å². The Hall–Kier alpha value is -1.92. The van der Waals surface area contributed by atoms with Gasteiger partial charge in [0.05, 0.1) is 30.5 Å². The van der Waals surface area contributed by atoms with Gasteiger partial charge >= 0.3 is 0 Å². The van der Waals surface area contributed by atoms with Gasteiger partial charge in [-0.15, -0.1) is 11.3 Å². The molecule has 26 heavy (non-hydrogen) atoms. The molecule has 2 rings (SSSR count). The lowest BCUT2D eigenvalue weighted by atomic mass is 10.2. The van der Waals surface area contributed by atoms with E-state index in [1.165, 1.54) is 10.6 Å². The van der Waals surface area contributed by atoms with Gasteiger partial charge in [0, 0.05) is 24.9 Å². The standard InChI is InChI=1S/C20H30N4OS/c1-15(2)19-24-18(14-26-19)11-23-20(21-4)22-10-16(3)12-25-13-17-8-6-5-7-9-17/h5-9,14-16H,10-13H2,1-4H3,(H2,21,22,23). The van der Waals surface area contributed by atoms with Crippen LogP contribution in [0.15, 0.2) is 40.7 Å². The molecule has 0 bridgehead atoms. The Kier molecular flexibility index (Phi) is 8.58. The Morgan fingerprint density at radius 3 is 2.62 bits per heavy atom. The summed E-state index contributed by atoms with van der Waals surface area (Å²) in [7, 11) is 1.78. The van der Waals surface area contributed by atoms with Crippen molar-refractivity contribution in [3.63, 3.8) is 0 Å². The number of hydrogen-bond acceptors (Lipinski definition) is 4. The van der Waals surface area contributed by atoms with Gasteiger partial charge in [0.2, 0.25) is 0 Å². The van der Waals surface area contributed by atoms with Gasteiger partial charge in [0.25, 0.3) is 0 Å². The number of aromatic nitrogens is 1. The molecule has 1 aromatic heterocycles. The second-order valence-corrected chi connectivity index (χ2v) is 7.63. The van der Waals surface area contributed by atoms with Gasteiger partial charge in [0.15, 0.2) is 5.96 Å². The predicted octanol–water partition coefficient (Wildman–Crippen LogP) is 3.78. The first kappa shape index (κ1) is 20.4. The van der Waals surface area contributed by atoms with Gasteiger partial charge in [-0.25, -0.2) is 4.98 Å². The molecule has 0 amide bonds. The van der Waals surface area contributed by atoms with Crippen molar-refractivity contribution in [2.24, 2.45) is 10.9 Å². The van der Waals surface area contributed by atoms with Gasteiger partial charge in [-0.05, 0) is 11.5 Å². The fraction of sp³-hybridized carbons (Fsp3) is 0.500. The summed E-state index contributed by atoms with van der Waals surface area (Å²) in [6.07, 6.45) is 0. The number of nitrogens with one attached hydrogen (secondary N) is 2. The molecule has 6 heteroatoms. The van der Waals surface area contributed by atoms with Crippen LogP contribution in [0.4, 0.5) is 0 Å². The van der Waals surface area contributed by atoms with Crippen molar-refractivity contribution < 1.29 is 4.74 Å². The second kappa shape index (κ2) is 10.9. The molecule has 142 valence electrons. The van der Waals surface area contributed by atoms with Gasteiger partial charge < -0.3 is 15.4 Å². The first-order valence-electron chi connectivity index (χ1n) is 9.09. The van der Waals surface area contributed by atoms with Crippen LogP contribution in [0, 0.1) is 5.92 Å². The quantitative estimate of drug-likeness (QED) is 0.518. The molecule has 1 heterocycles. The summed E-state index contributed by atoms with van der Waals surface area (Å²) in [5, 5.41) is 9.95. The van der Waals surface area contributed by atoms with Crippen LogP contribution in [0.5, 0.6) is 0 Å². The SMILES string of the molecule is CN=C(NCc1csc(C(C)C)n1)NCC(C)COCc1ccccc1. The average molecular weight is 375 g/mol. The van der Waals surface area contributed by atoms with Gasteiger partial charge in [0.1, 0.15) is 0 Å². The lowest BCUT2D eigenvalue weighted by molar-refractivity contribution is 0.0931. The van der Waals surface area contributed by atoms with E-state index in [1.54, 1.807) is 18.4 Å². The summed E-state index contributed by atoms with van der Waals surface area (Å²) in [5.74, 6) is 1.66. The number of guanidine groups is 1. The Bertz CT molecular complexity index is 669. The number of rotatable bonds is 9. The number of aliphatic imine (C=N–C) groups is 1. The van der Waals surface area contributed by atoms with Crippen molar-refractivity contribution in [1.29, 1.82) is 0 Å². The average Bonchev–Trinajstić information content (AvgIpc) is 3.12. The number of nitrogens with zero attached hydrogens (tertiary/aromatic N) is 2. The number of ether oxygens (including phenoxy) is 1. The minimum Gasteiger partial charge on any atom is -0.376 e. The third kappa shape index (κ3) is 7.14. The molecule has 2 N–H and O–H groups in total. The van der Waals surface area contributed by atoms with Crippen molar-refractivity contribution in [2.75, 3.05) is 20.2 Å². The number of thiazole rings is 1. The zero-order chi connectivity index (χ0) is 18.8. The topological polar surface area (TPSA) is 58.5 Å². The maximum atomic E-state index is 5.79. The largest absolute Gasteiger partial charge is 0.376 e. The molecule has 0 aliphatic carbocycles. The lowest BCUT2D eigenvalue weighted by Gasteiger charge is -2.16. The van der Waals surface area contributed by atoms with Crippen LogP contribution in [0.2, 0.25) is 0 Å². The van der Waals surface area contributed by atoms with E-state index in [0.29, 0.717) is 31.6 Å². The Labute approximate surface area is 160 Å². The monoisotopic (exact) mass is 374 g/mol. The number of benzene rings is 1. The van der Waals surface area contributed by atoms with Crippen molar-refractivity contribution in [1.82, 2.24) is 15.6 Å². The van der Waals surface area contributed by atoms with E-state index in [0.717, 1.165) is 18.2 Å². The van der Waals surface area contributed by atoms with E-state index in [-0.39, 0.29) is 0 Å². The van der Waals surface area contributed by atoms with Gasteiger partial charge in [-0.2, -0.15) is 0 Å². The molecule has 0 aliphatic heterocycles. The number of hydrogen-bond donors (Lipinski definition) is 2. The van der Waals surface area contributed by atoms with Gasteiger partial charge in [-0.3, -0.25) is 4.99 Å². The fourth-order valence-corrected chi connectivity index (χ4v) is 3.18. The van der Waals surface area contributed by atoms with Crippen LogP contribution >= 0.6 is 11.3 Å². The normalized spacial score (nSPS) is 13.0. The molecule has 1 atom stereocenters. The van der Waals surface area contributed by atoms with E-state index >= 15 is 0 Å². The van der Waals surface area contributed by atoms with E-state index < -0.39 is 0 Å². The van der Waals surface area contributed by atoms with E-state index in [1.807, 2.05) is 18.2 Å². The third-order valence-corrected chi connectivity index (χ3v) is 5.05. The minimum atomic E-state index is 0.393. The van der Waals surface area contributed by atoms with E-state index in [9.17, 15) is 0 Å². The summed E-state index contributed by atoms with van der Waals surface area (Å²) < 4.78 is 5.79. The van der Waals surface area contributed by atoms with Crippen LogP contribution in [-0.2, 0) is 17.9 Å². The smallest absolute Gasteiger partial charge is 0.191 e. The summed E-state index contributed by atoms with van der Waals surface area (Å²) in [6, 6.07) is 10.2. The molecular weight excluding hydrogens is 344 g/mol. The predicted molar refractivity (Wildman–Crippen MR) is 110 cm³/mol. The molecule has 1 aromatic carbocycles. The second-order valence-electron chi connectivity index (χ2n) is 6.74. The molecule has 0 radical (unpaired) electrons. The summed E-state index contributed by atoms with van der Waals surface area (Å²) >= 11 is 1.71. The van der Waals surface area contributed by atoms with Crippen LogP contribution in [0.1, 0.15) is 43.0 Å². The van der Waals surface area contributed by atoms with E-state index in [2.05, 4.69) is 58.9 Å². The third-order valence-electron chi connectivity index (χ3n) is 3.86. The molecule has 0 fully saturated rings. The van der Waals surface area contributed by atoms with E-state index in [4.69, 9.17) is 4.74 Å². The fourth-order valence-electron chi connectivity index (χ4n) is 2.35. The minimum absolute atomic E-state index is 0.393. The molecule has 0 aliphatic rings. The summed E-state index contributed by atoms with van der Waals surface area (Å²) in [6.45, 7) is 9.35. The van der Waals surface area contributed by atoms with Crippen molar-refractivity contribution in [3.05, 3.63) is 52.0 Å².